The molecule has 0 aromatic rings. The van der Waals surface area contributed by atoms with Gasteiger partial charge in [-0.3, -0.25) is 0 Å². The van der Waals surface area contributed by atoms with E-state index in [-0.39, 0.29) is 0 Å². The van der Waals surface area contributed by atoms with Gasteiger partial charge in [-0.2, -0.15) is 0 Å². The van der Waals surface area contributed by atoms with Gasteiger partial charge in [0.15, 0.2) is 0 Å². The van der Waals surface area contributed by atoms with Crippen LogP contribution in [-0.2, 0) is 4.18 Å². The Morgan fingerprint density at radius 3 is 2.62 bits per heavy atom. The highest BCUT2D eigenvalue weighted by molar-refractivity contribution is 7.92. The summed E-state index contributed by atoms with van der Waals surface area (Å²) in [5.74, 6) is 0. The van der Waals surface area contributed by atoms with Gasteiger partial charge in [0.2, 0.25) is 0 Å². The molecule has 0 atom stereocenters. The zero-order valence-electron chi connectivity index (χ0n) is 5.68. The van der Waals surface area contributed by atoms with E-state index in [0.717, 1.165) is 6.54 Å². The maximum atomic E-state index is 4.80. The highest BCUT2D eigenvalue weighted by atomic mass is 32.2. The van der Waals surface area contributed by atoms with Crippen LogP contribution in [0.15, 0.2) is 0 Å². The van der Waals surface area contributed by atoms with Crippen LogP contribution in [0.3, 0.4) is 0 Å². The van der Waals surface area contributed by atoms with Crippen molar-refractivity contribution in [3.05, 3.63) is 0 Å². The zero-order valence-corrected chi connectivity index (χ0v) is 6.49. The molecular weight excluding hydrogens is 122 g/mol. The lowest BCUT2D eigenvalue weighted by atomic mass is 10.5. The summed E-state index contributed by atoms with van der Waals surface area (Å²) in [5.41, 5.74) is 0. The maximum absolute atomic E-state index is 4.80. The highest BCUT2D eigenvalue weighted by Crippen LogP contribution is 2.05. The molecule has 0 heterocycles. The van der Waals surface area contributed by atoms with Crippen molar-refractivity contribution in [1.82, 2.24) is 4.31 Å². The first-order valence-electron chi connectivity index (χ1n) is 2.73. The minimum atomic E-state index is 1.08. The van der Waals surface area contributed by atoms with Crippen molar-refractivity contribution < 1.29 is 4.18 Å². The fourth-order valence-corrected chi connectivity index (χ4v) is 0.991. The molecule has 2 nitrogen and oxygen atoms in total. The molecule has 0 aliphatic carbocycles. The summed E-state index contributed by atoms with van der Waals surface area (Å²) < 4.78 is 6.85. The van der Waals surface area contributed by atoms with E-state index >= 15 is 0 Å². The average Bonchev–Trinajstić information content (AvgIpc) is 1.68. The average molecular weight is 135 g/mol. The molecule has 0 saturated carbocycles. The van der Waals surface area contributed by atoms with Gasteiger partial charge in [-0.25, -0.2) is 4.31 Å². The van der Waals surface area contributed by atoms with Gasteiger partial charge >= 0.3 is 0 Å². The number of hydrogen-bond acceptors (Lipinski definition) is 3. The van der Waals surface area contributed by atoms with Crippen LogP contribution in [0.25, 0.3) is 0 Å². The van der Waals surface area contributed by atoms with Crippen molar-refractivity contribution in [1.29, 1.82) is 0 Å². The molecule has 50 valence electrons. The minimum absolute atomic E-state index is 1.08. The smallest absolute Gasteiger partial charge is 0.0813 e. The summed E-state index contributed by atoms with van der Waals surface area (Å²) in [7, 11) is 3.69. The molecule has 0 aliphatic heterocycles. The Kier molecular flexibility index (Phi) is 5.59. The molecule has 0 bridgehead atoms. The molecule has 0 aromatic heterocycles. The minimum Gasteiger partial charge on any atom is -0.304 e. The van der Waals surface area contributed by atoms with Gasteiger partial charge in [-0.05, 0) is 13.5 Å². The van der Waals surface area contributed by atoms with Crippen molar-refractivity contribution in [3.63, 3.8) is 0 Å². The fraction of sp³-hybridized carbons (Fsp3) is 1.00. The predicted molar refractivity (Wildman–Crippen MR) is 37.5 cm³/mol. The molecule has 0 unspecified atom stereocenters. The molecule has 0 rings (SSSR count). The van der Waals surface area contributed by atoms with E-state index in [0.29, 0.717) is 0 Å². The van der Waals surface area contributed by atoms with Gasteiger partial charge in [0.05, 0.1) is 19.3 Å². The summed E-state index contributed by atoms with van der Waals surface area (Å²) in [4.78, 5) is 0. The molecule has 0 spiro atoms. The summed E-state index contributed by atoms with van der Waals surface area (Å²) >= 11 is 1.39. The van der Waals surface area contributed by atoms with Crippen LogP contribution < -0.4 is 0 Å². The van der Waals surface area contributed by atoms with Gasteiger partial charge in [-0.15, -0.1) is 0 Å². The Labute approximate surface area is 55.5 Å². The topological polar surface area (TPSA) is 12.5 Å². The van der Waals surface area contributed by atoms with Gasteiger partial charge in [0.1, 0.15) is 0 Å². The van der Waals surface area contributed by atoms with Crippen LogP contribution in [0.2, 0.25) is 0 Å². The lowest BCUT2D eigenvalue weighted by molar-refractivity contribution is 0.434. The third-order valence-electron chi connectivity index (χ3n) is 0.740. The van der Waals surface area contributed by atoms with Crippen molar-refractivity contribution in [2.75, 3.05) is 20.7 Å². The highest BCUT2D eigenvalue weighted by Gasteiger charge is 1.92. The standard InChI is InChI=1S/C5H13NOS/c1-4-5-6(2)8-7-3/h4-5H2,1-3H3. The van der Waals surface area contributed by atoms with Crippen LogP contribution in [0.4, 0.5) is 0 Å². The van der Waals surface area contributed by atoms with Crippen molar-refractivity contribution in [3.8, 4) is 0 Å². The summed E-state index contributed by atoms with van der Waals surface area (Å²) in [6, 6.07) is 0. The molecule has 0 aliphatic rings. The second-order valence-electron chi connectivity index (χ2n) is 1.59. The molecule has 3 heteroatoms. The normalized spacial score (nSPS) is 10.5. The Hall–Kier alpha value is 0.270. The summed E-state index contributed by atoms with van der Waals surface area (Å²) in [6.07, 6.45) is 1.17. The van der Waals surface area contributed by atoms with Crippen molar-refractivity contribution >= 4 is 12.2 Å². The predicted octanol–water partition coefficient (Wildman–Crippen LogP) is 1.54. The molecule has 0 amide bonds. The molecule has 0 radical (unpaired) electrons. The number of nitrogens with zero attached hydrogens (tertiary/aromatic N) is 1. The first-order valence-corrected chi connectivity index (χ1v) is 3.43. The monoisotopic (exact) mass is 135 g/mol. The van der Waals surface area contributed by atoms with Crippen LogP contribution in [0.1, 0.15) is 13.3 Å². The van der Waals surface area contributed by atoms with E-state index in [1.165, 1.54) is 18.6 Å². The van der Waals surface area contributed by atoms with Crippen molar-refractivity contribution in [2.24, 2.45) is 0 Å². The van der Waals surface area contributed by atoms with Crippen LogP contribution in [0, 0.1) is 0 Å². The van der Waals surface area contributed by atoms with Gasteiger partial charge in [0.25, 0.3) is 0 Å². The molecule has 0 fully saturated rings. The third-order valence-corrected chi connectivity index (χ3v) is 1.33. The first-order chi connectivity index (χ1) is 3.81. The van der Waals surface area contributed by atoms with Crippen LogP contribution in [0.5, 0.6) is 0 Å². The number of hydrogen-bond donors (Lipinski definition) is 0. The van der Waals surface area contributed by atoms with E-state index in [1.54, 1.807) is 7.11 Å². The largest absolute Gasteiger partial charge is 0.304 e. The van der Waals surface area contributed by atoms with Gasteiger partial charge < -0.3 is 4.18 Å². The lowest BCUT2D eigenvalue weighted by Crippen LogP contribution is -2.09. The van der Waals surface area contributed by atoms with E-state index in [2.05, 4.69) is 11.2 Å². The Bertz CT molecular complexity index is 45.7. The molecule has 8 heavy (non-hydrogen) atoms. The molecule has 0 saturated heterocycles. The molecule has 0 aromatic carbocycles. The Morgan fingerprint density at radius 1 is 1.62 bits per heavy atom. The van der Waals surface area contributed by atoms with Gasteiger partial charge in [0, 0.05) is 6.54 Å². The zero-order chi connectivity index (χ0) is 6.41. The van der Waals surface area contributed by atoms with Crippen molar-refractivity contribution in [2.45, 2.75) is 13.3 Å². The second kappa shape index (κ2) is 5.41. The van der Waals surface area contributed by atoms with E-state index < -0.39 is 0 Å². The van der Waals surface area contributed by atoms with E-state index in [1.807, 2.05) is 7.05 Å². The summed E-state index contributed by atoms with van der Waals surface area (Å²) in [5, 5.41) is 0. The summed E-state index contributed by atoms with van der Waals surface area (Å²) in [6.45, 7) is 3.23. The SMILES string of the molecule is CCCN(C)SOC. The number of rotatable bonds is 4. The molecule has 0 N–H and O–H groups in total. The second-order valence-corrected chi connectivity index (χ2v) is 2.70. The Balaban J connectivity index is 2.92. The lowest BCUT2D eigenvalue weighted by Gasteiger charge is -2.09. The fourth-order valence-electron chi connectivity index (χ4n) is 0.479. The van der Waals surface area contributed by atoms with E-state index in [4.69, 9.17) is 4.18 Å². The first kappa shape index (κ1) is 8.27. The van der Waals surface area contributed by atoms with Crippen LogP contribution in [-0.4, -0.2) is 25.0 Å². The van der Waals surface area contributed by atoms with Crippen LogP contribution >= 0.6 is 12.2 Å². The quantitative estimate of drug-likeness (QED) is 0.428. The van der Waals surface area contributed by atoms with Gasteiger partial charge in [-0.1, -0.05) is 6.92 Å². The maximum Gasteiger partial charge on any atom is 0.0813 e. The van der Waals surface area contributed by atoms with E-state index in [9.17, 15) is 0 Å². The molecular formula is C5H13NOS. The third kappa shape index (κ3) is 4.43. The Morgan fingerprint density at radius 2 is 2.25 bits per heavy atom.